The predicted molar refractivity (Wildman–Crippen MR) is 72.6 cm³/mol. The Kier molecular flexibility index (Phi) is 7.53. The number of ether oxygens (including phenoxy) is 2. The van der Waals surface area contributed by atoms with Crippen LogP contribution in [0.15, 0.2) is 0 Å². The van der Waals surface area contributed by atoms with Gasteiger partial charge in [-0.05, 0) is 31.6 Å². The molecule has 1 saturated carbocycles. The molecule has 1 rings (SSSR count). The highest BCUT2D eigenvalue weighted by atomic mass is 16.5. The number of carbonyl (C=O) groups excluding carboxylic acids is 2. The molecule has 1 aliphatic rings. The topological polar surface area (TPSA) is 52.6 Å². The molecule has 0 aromatic carbocycles. The van der Waals surface area contributed by atoms with Crippen LogP contribution in [-0.4, -0.2) is 24.6 Å². The van der Waals surface area contributed by atoms with Crippen LogP contribution in [0.1, 0.15) is 65.2 Å². The van der Waals surface area contributed by atoms with Gasteiger partial charge in [0, 0.05) is 0 Å². The van der Waals surface area contributed by atoms with E-state index in [4.69, 9.17) is 9.47 Å². The fourth-order valence-electron chi connectivity index (χ4n) is 2.29. The maximum Gasteiger partial charge on any atom is 0.306 e. The van der Waals surface area contributed by atoms with Gasteiger partial charge in [0.05, 0.1) is 19.4 Å². The molecule has 0 spiro atoms. The van der Waals surface area contributed by atoms with Gasteiger partial charge >= 0.3 is 11.9 Å². The predicted octanol–water partition coefficient (Wildman–Crippen LogP) is 3.23. The van der Waals surface area contributed by atoms with Gasteiger partial charge in [0.15, 0.2) is 0 Å². The van der Waals surface area contributed by atoms with Crippen LogP contribution in [0.2, 0.25) is 0 Å². The Balaban J connectivity index is 2.14. The summed E-state index contributed by atoms with van der Waals surface area (Å²) in [6, 6.07) is 0. The minimum absolute atomic E-state index is 0.0392. The van der Waals surface area contributed by atoms with Gasteiger partial charge in [0.1, 0.15) is 6.10 Å². The van der Waals surface area contributed by atoms with Crippen molar-refractivity contribution in [1.29, 1.82) is 0 Å². The van der Waals surface area contributed by atoms with E-state index in [0.29, 0.717) is 12.5 Å². The Bertz CT molecular complexity index is 288. The third-order valence-electron chi connectivity index (χ3n) is 3.61. The number of carbonyl (C=O) groups is 2. The summed E-state index contributed by atoms with van der Waals surface area (Å²) >= 11 is 0. The van der Waals surface area contributed by atoms with E-state index >= 15 is 0 Å². The zero-order valence-corrected chi connectivity index (χ0v) is 12.2. The second kappa shape index (κ2) is 8.94. The molecule has 0 aliphatic heterocycles. The van der Waals surface area contributed by atoms with Crippen molar-refractivity contribution in [2.75, 3.05) is 6.61 Å². The molecule has 0 bridgehead atoms. The average molecular weight is 270 g/mol. The van der Waals surface area contributed by atoms with Gasteiger partial charge in [-0.3, -0.25) is 9.59 Å². The van der Waals surface area contributed by atoms with Gasteiger partial charge in [0.2, 0.25) is 0 Å². The zero-order chi connectivity index (χ0) is 14.1. The Morgan fingerprint density at radius 3 is 2.47 bits per heavy atom. The molecule has 2 atom stereocenters. The number of hydrogen-bond donors (Lipinski definition) is 0. The minimum atomic E-state index is -0.304. The fourth-order valence-corrected chi connectivity index (χ4v) is 2.29. The lowest BCUT2D eigenvalue weighted by Gasteiger charge is -2.28. The van der Waals surface area contributed by atoms with Crippen molar-refractivity contribution in [3.8, 4) is 0 Å². The van der Waals surface area contributed by atoms with Crippen LogP contribution >= 0.6 is 0 Å². The van der Waals surface area contributed by atoms with E-state index in [1.165, 1.54) is 6.42 Å². The van der Waals surface area contributed by atoms with Crippen molar-refractivity contribution in [2.45, 2.75) is 71.3 Å². The Hall–Kier alpha value is -1.06. The molecule has 110 valence electrons. The molecular weight excluding hydrogens is 244 g/mol. The molecular formula is C15H26O4. The summed E-state index contributed by atoms with van der Waals surface area (Å²) in [6.45, 7) is 4.61. The van der Waals surface area contributed by atoms with Crippen LogP contribution in [0, 0.1) is 5.92 Å². The number of esters is 2. The highest BCUT2D eigenvalue weighted by Crippen LogP contribution is 2.26. The lowest BCUT2D eigenvalue weighted by Crippen LogP contribution is -2.28. The first-order valence-corrected chi connectivity index (χ1v) is 7.48. The van der Waals surface area contributed by atoms with E-state index in [-0.39, 0.29) is 30.9 Å². The monoisotopic (exact) mass is 270 g/mol. The number of hydrogen-bond acceptors (Lipinski definition) is 4. The second-order valence-electron chi connectivity index (χ2n) is 5.36. The van der Waals surface area contributed by atoms with Gasteiger partial charge in [-0.1, -0.05) is 26.7 Å². The molecule has 4 nitrogen and oxygen atoms in total. The maximum absolute atomic E-state index is 11.7. The van der Waals surface area contributed by atoms with Crippen molar-refractivity contribution >= 4 is 11.9 Å². The molecule has 0 aromatic heterocycles. The molecule has 1 aliphatic carbocycles. The van der Waals surface area contributed by atoms with Crippen molar-refractivity contribution < 1.29 is 19.1 Å². The van der Waals surface area contributed by atoms with Crippen molar-refractivity contribution in [3.05, 3.63) is 0 Å². The van der Waals surface area contributed by atoms with Gasteiger partial charge in [-0.2, -0.15) is 0 Å². The van der Waals surface area contributed by atoms with Gasteiger partial charge in [-0.25, -0.2) is 0 Å². The van der Waals surface area contributed by atoms with Gasteiger partial charge in [0.25, 0.3) is 0 Å². The molecule has 0 heterocycles. The third-order valence-corrected chi connectivity index (χ3v) is 3.61. The SMILES string of the molecule is CCCCOC(=O)CCC(=O)OC1CCCCC1C. The van der Waals surface area contributed by atoms with Crippen LogP contribution in [-0.2, 0) is 19.1 Å². The lowest BCUT2D eigenvalue weighted by atomic mass is 9.88. The maximum atomic E-state index is 11.7. The minimum Gasteiger partial charge on any atom is -0.466 e. The quantitative estimate of drug-likeness (QED) is 0.526. The Morgan fingerprint density at radius 1 is 1.11 bits per heavy atom. The molecule has 0 saturated heterocycles. The highest BCUT2D eigenvalue weighted by Gasteiger charge is 2.24. The number of unbranched alkanes of at least 4 members (excludes halogenated alkanes) is 1. The van der Waals surface area contributed by atoms with E-state index in [0.717, 1.165) is 32.1 Å². The Labute approximate surface area is 115 Å². The van der Waals surface area contributed by atoms with E-state index in [9.17, 15) is 9.59 Å². The largest absolute Gasteiger partial charge is 0.466 e. The van der Waals surface area contributed by atoms with E-state index in [2.05, 4.69) is 6.92 Å². The first-order chi connectivity index (χ1) is 9.13. The second-order valence-corrected chi connectivity index (χ2v) is 5.36. The molecule has 0 aromatic rings. The fraction of sp³-hybridized carbons (Fsp3) is 0.867. The highest BCUT2D eigenvalue weighted by molar-refractivity contribution is 5.77. The molecule has 0 N–H and O–H groups in total. The van der Waals surface area contributed by atoms with Crippen LogP contribution in [0.4, 0.5) is 0 Å². The standard InChI is InChI=1S/C15H26O4/c1-3-4-11-18-14(16)9-10-15(17)19-13-8-6-5-7-12(13)2/h12-13H,3-11H2,1-2H3. The number of rotatable bonds is 7. The zero-order valence-electron chi connectivity index (χ0n) is 12.2. The molecule has 4 heteroatoms. The van der Waals surface area contributed by atoms with E-state index in [1.807, 2.05) is 6.92 Å². The summed E-state index contributed by atoms with van der Waals surface area (Å²) in [6.07, 6.45) is 6.59. The van der Waals surface area contributed by atoms with E-state index < -0.39 is 0 Å². The van der Waals surface area contributed by atoms with Crippen LogP contribution in [0.5, 0.6) is 0 Å². The summed E-state index contributed by atoms with van der Waals surface area (Å²) in [7, 11) is 0. The Morgan fingerprint density at radius 2 is 1.79 bits per heavy atom. The summed E-state index contributed by atoms with van der Waals surface area (Å²) < 4.78 is 10.4. The average Bonchev–Trinajstić information content (AvgIpc) is 2.39. The summed E-state index contributed by atoms with van der Waals surface area (Å²) in [5.74, 6) is -0.137. The summed E-state index contributed by atoms with van der Waals surface area (Å²) in [4.78, 5) is 23.0. The molecule has 1 fully saturated rings. The van der Waals surface area contributed by atoms with Gasteiger partial charge in [-0.15, -0.1) is 0 Å². The van der Waals surface area contributed by atoms with Crippen LogP contribution < -0.4 is 0 Å². The third kappa shape index (κ3) is 6.60. The lowest BCUT2D eigenvalue weighted by molar-refractivity contribution is -0.156. The molecule has 0 amide bonds. The first-order valence-electron chi connectivity index (χ1n) is 7.48. The van der Waals surface area contributed by atoms with Gasteiger partial charge < -0.3 is 9.47 Å². The summed E-state index contributed by atoms with van der Waals surface area (Å²) in [5.41, 5.74) is 0. The van der Waals surface area contributed by atoms with Crippen LogP contribution in [0.3, 0.4) is 0 Å². The molecule has 0 radical (unpaired) electrons. The van der Waals surface area contributed by atoms with E-state index in [1.54, 1.807) is 0 Å². The van der Waals surface area contributed by atoms with Crippen molar-refractivity contribution in [3.63, 3.8) is 0 Å². The first kappa shape index (κ1) is 16.0. The van der Waals surface area contributed by atoms with Crippen LogP contribution in [0.25, 0.3) is 0 Å². The molecule has 2 unspecified atom stereocenters. The smallest absolute Gasteiger partial charge is 0.306 e. The summed E-state index contributed by atoms with van der Waals surface area (Å²) in [5, 5.41) is 0. The van der Waals surface area contributed by atoms with Crippen molar-refractivity contribution in [1.82, 2.24) is 0 Å². The van der Waals surface area contributed by atoms with Crippen molar-refractivity contribution in [2.24, 2.45) is 5.92 Å². The molecule has 19 heavy (non-hydrogen) atoms. The normalized spacial score (nSPS) is 22.8.